The Morgan fingerprint density at radius 1 is 0.829 bits per heavy atom. The average molecular weight is 466 g/mol. The molecule has 8 nitrogen and oxygen atoms in total. The number of carbonyl (C=O) groups is 3. The number of benzene rings is 2. The van der Waals surface area contributed by atoms with Crippen molar-refractivity contribution in [2.24, 2.45) is 0 Å². The fourth-order valence-electron chi connectivity index (χ4n) is 4.06. The van der Waals surface area contributed by atoms with Gasteiger partial charge in [-0.05, 0) is 24.1 Å². The summed E-state index contributed by atoms with van der Waals surface area (Å²) in [6.45, 7) is 0.298. The maximum absolute atomic E-state index is 12.9. The van der Waals surface area contributed by atoms with Gasteiger partial charge in [0.25, 0.3) is 5.91 Å². The molecule has 5 rings (SSSR count). The van der Waals surface area contributed by atoms with E-state index in [2.05, 4.69) is 25.6 Å². The number of amides is 2. The van der Waals surface area contributed by atoms with Crippen LogP contribution in [-0.4, -0.2) is 45.6 Å². The zero-order valence-corrected chi connectivity index (χ0v) is 18.8. The molecule has 2 aromatic carbocycles. The van der Waals surface area contributed by atoms with Gasteiger partial charge in [-0.2, -0.15) is 0 Å². The largest absolute Gasteiger partial charge is 0.361 e. The Morgan fingerprint density at radius 2 is 1.63 bits per heavy atom. The molecule has 8 heteroatoms. The van der Waals surface area contributed by atoms with E-state index in [-0.39, 0.29) is 23.8 Å². The number of pyridine rings is 1. The average Bonchev–Trinajstić information content (AvgIpc) is 3.51. The Bertz CT molecular complexity index is 1530. The number of nitrogens with one attached hydrogen (secondary N) is 4. The molecule has 4 N–H and O–H groups in total. The van der Waals surface area contributed by atoms with E-state index in [4.69, 9.17) is 0 Å². The Labute approximate surface area is 200 Å². The number of aromatic amines is 2. The monoisotopic (exact) mass is 465 g/mol. The highest BCUT2D eigenvalue weighted by Gasteiger charge is 2.17. The summed E-state index contributed by atoms with van der Waals surface area (Å²) in [5.41, 5.74) is 3.94. The van der Waals surface area contributed by atoms with E-state index in [0.29, 0.717) is 35.1 Å². The second-order valence-corrected chi connectivity index (χ2v) is 8.16. The Balaban J connectivity index is 1.18. The zero-order valence-electron chi connectivity index (χ0n) is 18.8. The molecule has 0 radical (unpaired) electrons. The Morgan fingerprint density at radius 3 is 2.49 bits per heavy atom. The van der Waals surface area contributed by atoms with E-state index in [1.54, 1.807) is 36.5 Å². The minimum atomic E-state index is -0.439. The van der Waals surface area contributed by atoms with Gasteiger partial charge in [0, 0.05) is 52.6 Å². The van der Waals surface area contributed by atoms with Crippen LogP contribution in [0.1, 0.15) is 31.8 Å². The molecule has 3 aromatic heterocycles. The Hall–Kier alpha value is -4.72. The highest BCUT2D eigenvalue weighted by Crippen LogP contribution is 2.21. The van der Waals surface area contributed by atoms with Gasteiger partial charge < -0.3 is 20.6 Å². The summed E-state index contributed by atoms with van der Waals surface area (Å²) >= 11 is 0. The van der Waals surface area contributed by atoms with Crippen LogP contribution in [-0.2, 0) is 11.2 Å². The van der Waals surface area contributed by atoms with Gasteiger partial charge in [0.1, 0.15) is 5.65 Å². The molecular weight excluding hydrogens is 442 g/mol. The summed E-state index contributed by atoms with van der Waals surface area (Å²) < 4.78 is 0. The van der Waals surface area contributed by atoms with Gasteiger partial charge in [-0.25, -0.2) is 4.98 Å². The predicted octanol–water partition coefficient (Wildman–Crippen LogP) is 3.36. The number of H-pyrrole nitrogens is 2. The van der Waals surface area contributed by atoms with Gasteiger partial charge in [0.05, 0.1) is 12.1 Å². The molecule has 0 aliphatic carbocycles. The van der Waals surface area contributed by atoms with Gasteiger partial charge in [-0.15, -0.1) is 0 Å². The maximum atomic E-state index is 12.9. The first-order valence-electron chi connectivity index (χ1n) is 11.3. The van der Waals surface area contributed by atoms with Crippen molar-refractivity contribution < 1.29 is 14.4 Å². The second kappa shape index (κ2) is 9.64. The number of hydrogen-bond acceptors (Lipinski definition) is 4. The summed E-state index contributed by atoms with van der Waals surface area (Å²) in [6, 6.07) is 18.5. The zero-order chi connectivity index (χ0) is 24.2. The molecule has 0 spiro atoms. The van der Waals surface area contributed by atoms with Crippen LogP contribution >= 0.6 is 0 Å². The topological polar surface area (TPSA) is 120 Å². The highest BCUT2D eigenvalue weighted by molar-refractivity contribution is 6.16. The van der Waals surface area contributed by atoms with Gasteiger partial charge >= 0.3 is 0 Å². The van der Waals surface area contributed by atoms with Crippen molar-refractivity contribution >= 4 is 39.5 Å². The molecule has 0 aliphatic heterocycles. The SMILES string of the molecule is O=C(CNC(=O)c1cnc2[nH]cc(C(=O)c3ccccc3)c2c1)NCCc1c[nH]c2ccccc12. The molecule has 0 bridgehead atoms. The number of ketones is 1. The first kappa shape index (κ1) is 22.1. The molecule has 174 valence electrons. The van der Waals surface area contributed by atoms with E-state index in [9.17, 15) is 14.4 Å². The third kappa shape index (κ3) is 4.67. The minimum Gasteiger partial charge on any atom is -0.361 e. The van der Waals surface area contributed by atoms with Crippen molar-refractivity contribution in [3.05, 3.63) is 102 Å². The van der Waals surface area contributed by atoms with Crippen LogP contribution < -0.4 is 10.6 Å². The molecule has 0 atom stereocenters. The lowest BCUT2D eigenvalue weighted by Gasteiger charge is -2.07. The van der Waals surface area contributed by atoms with E-state index in [1.165, 1.54) is 6.20 Å². The van der Waals surface area contributed by atoms with Crippen molar-refractivity contribution in [2.45, 2.75) is 6.42 Å². The summed E-state index contributed by atoms with van der Waals surface area (Å²) in [4.78, 5) is 48.2. The maximum Gasteiger partial charge on any atom is 0.253 e. The molecule has 0 saturated carbocycles. The van der Waals surface area contributed by atoms with Crippen LogP contribution in [0.2, 0.25) is 0 Å². The van der Waals surface area contributed by atoms with Crippen LogP contribution in [0.5, 0.6) is 0 Å². The minimum absolute atomic E-state index is 0.159. The molecule has 35 heavy (non-hydrogen) atoms. The van der Waals surface area contributed by atoms with Crippen molar-refractivity contribution in [3.8, 4) is 0 Å². The van der Waals surface area contributed by atoms with Gasteiger partial charge in [-0.3, -0.25) is 14.4 Å². The van der Waals surface area contributed by atoms with E-state index < -0.39 is 5.91 Å². The standard InChI is InChI=1S/C27H23N5O3/c33-24(28-11-10-18-13-29-23-9-5-4-8-20(18)23)16-32-27(35)19-12-21-22(15-31-26(21)30-14-19)25(34)17-6-2-1-3-7-17/h1-9,12-15,29H,10-11,16H2,(H,28,33)(H,30,31)(H,32,35). The van der Waals surface area contributed by atoms with Crippen molar-refractivity contribution in [3.63, 3.8) is 0 Å². The number of rotatable bonds is 8. The third-order valence-electron chi connectivity index (χ3n) is 5.87. The molecule has 0 unspecified atom stereocenters. The van der Waals surface area contributed by atoms with Crippen molar-refractivity contribution in [1.29, 1.82) is 0 Å². The van der Waals surface area contributed by atoms with Gasteiger partial charge in [0.2, 0.25) is 5.91 Å². The molecule has 0 saturated heterocycles. The molecular formula is C27H23N5O3. The molecule has 0 aliphatic rings. The third-order valence-corrected chi connectivity index (χ3v) is 5.87. The predicted molar refractivity (Wildman–Crippen MR) is 133 cm³/mol. The van der Waals surface area contributed by atoms with Crippen LogP contribution in [0.15, 0.2) is 79.3 Å². The lowest BCUT2D eigenvalue weighted by atomic mass is 10.0. The second-order valence-electron chi connectivity index (χ2n) is 8.16. The summed E-state index contributed by atoms with van der Waals surface area (Å²) in [5.74, 6) is -0.884. The van der Waals surface area contributed by atoms with Crippen LogP contribution in [0.4, 0.5) is 0 Å². The number of para-hydroxylation sites is 1. The Kier molecular flexibility index (Phi) is 6.09. The summed E-state index contributed by atoms with van der Waals surface area (Å²) in [6.07, 6.45) is 5.63. The number of fused-ring (bicyclic) bond motifs is 2. The fourth-order valence-corrected chi connectivity index (χ4v) is 4.06. The first-order chi connectivity index (χ1) is 17.1. The van der Waals surface area contributed by atoms with Crippen molar-refractivity contribution in [2.75, 3.05) is 13.1 Å². The van der Waals surface area contributed by atoms with Crippen LogP contribution in [0, 0.1) is 0 Å². The quantitative estimate of drug-likeness (QED) is 0.263. The van der Waals surface area contributed by atoms with Crippen LogP contribution in [0.25, 0.3) is 21.9 Å². The number of hydrogen-bond donors (Lipinski definition) is 4. The van der Waals surface area contributed by atoms with E-state index >= 15 is 0 Å². The summed E-state index contributed by atoms with van der Waals surface area (Å²) in [7, 11) is 0. The van der Waals surface area contributed by atoms with E-state index in [1.807, 2.05) is 36.5 Å². The first-order valence-corrected chi connectivity index (χ1v) is 11.3. The van der Waals surface area contributed by atoms with Crippen molar-refractivity contribution in [1.82, 2.24) is 25.6 Å². The number of carbonyl (C=O) groups excluding carboxylic acids is 3. The smallest absolute Gasteiger partial charge is 0.253 e. The highest BCUT2D eigenvalue weighted by atomic mass is 16.2. The lowest BCUT2D eigenvalue weighted by Crippen LogP contribution is -2.37. The van der Waals surface area contributed by atoms with Crippen LogP contribution in [0.3, 0.4) is 0 Å². The van der Waals surface area contributed by atoms with Gasteiger partial charge in [-0.1, -0.05) is 48.5 Å². The van der Waals surface area contributed by atoms with E-state index in [0.717, 1.165) is 16.5 Å². The summed E-state index contributed by atoms with van der Waals surface area (Å²) in [5, 5.41) is 7.13. The number of nitrogens with zero attached hydrogens (tertiary/aromatic N) is 1. The molecule has 0 fully saturated rings. The molecule has 3 heterocycles. The molecule has 2 amide bonds. The van der Waals surface area contributed by atoms with Gasteiger partial charge in [0.15, 0.2) is 5.78 Å². The molecule has 5 aromatic rings. The lowest BCUT2D eigenvalue weighted by molar-refractivity contribution is -0.120. The number of aromatic nitrogens is 3. The fraction of sp³-hybridized carbons (Fsp3) is 0.111. The normalized spacial score (nSPS) is 11.0.